The number of hydrogen-bond donors (Lipinski definition) is 0. The summed E-state index contributed by atoms with van der Waals surface area (Å²) in [6, 6.07) is 3.98. The van der Waals surface area contributed by atoms with E-state index in [1.54, 1.807) is 0 Å². The Labute approximate surface area is 111 Å². The molecule has 2 rings (SSSR count). The van der Waals surface area contributed by atoms with Crippen LogP contribution in [0.15, 0.2) is 12.1 Å². The van der Waals surface area contributed by atoms with Crippen molar-refractivity contribution in [2.75, 3.05) is 0 Å². The van der Waals surface area contributed by atoms with Gasteiger partial charge in [0, 0.05) is 17.6 Å². The maximum Gasteiger partial charge on any atom is 0.136 e. The molecule has 0 bridgehead atoms. The van der Waals surface area contributed by atoms with Crippen LogP contribution in [0.1, 0.15) is 17.0 Å². The summed E-state index contributed by atoms with van der Waals surface area (Å²) >= 11 is 12.4. The molecule has 0 amide bonds. The quantitative estimate of drug-likeness (QED) is 0.753. The van der Waals surface area contributed by atoms with Gasteiger partial charge < -0.3 is 4.57 Å². The highest BCUT2D eigenvalue weighted by molar-refractivity contribution is 6.32. The van der Waals surface area contributed by atoms with Crippen molar-refractivity contribution in [3.05, 3.63) is 39.3 Å². The fourth-order valence-corrected chi connectivity index (χ4v) is 2.28. The molecule has 0 unspecified atom stereocenters. The van der Waals surface area contributed by atoms with E-state index in [0.29, 0.717) is 5.15 Å². The normalized spacial score (nSPS) is 10.9. The lowest BCUT2D eigenvalue weighted by Gasteiger charge is -2.07. The molecule has 4 heteroatoms. The maximum absolute atomic E-state index is 6.28. The molecule has 17 heavy (non-hydrogen) atoms. The van der Waals surface area contributed by atoms with Crippen LogP contribution in [0.2, 0.25) is 10.2 Å². The summed E-state index contributed by atoms with van der Waals surface area (Å²) in [6.07, 6.45) is 0. The zero-order chi connectivity index (χ0) is 12.7. The summed E-state index contributed by atoms with van der Waals surface area (Å²) in [5.41, 5.74) is 3.98. The Morgan fingerprint density at radius 1 is 1.06 bits per heavy atom. The van der Waals surface area contributed by atoms with Gasteiger partial charge in [0.2, 0.25) is 0 Å². The average molecular weight is 269 g/mol. The topological polar surface area (TPSA) is 17.8 Å². The van der Waals surface area contributed by atoms with Gasteiger partial charge in [0.15, 0.2) is 0 Å². The Hall–Kier alpha value is -0.990. The molecule has 0 N–H and O–H groups in total. The highest BCUT2D eigenvalue weighted by atomic mass is 35.5. The number of nitrogens with zero attached hydrogens (tertiary/aromatic N) is 2. The molecule has 1 aromatic heterocycles. The molecule has 0 radical (unpaired) electrons. The first kappa shape index (κ1) is 12.5. The number of aromatic nitrogens is 2. The average Bonchev–Trinajstić information content (AvgIpc) is 2.51. The number of rotatable bonds is 1. The van der Waals surface area contributed by atoms with Crippen molar-refractivity contribution >= 4 is 23.2 Å². The standard InChI is InChI=1S/C13H14Cl2N2/c1-7-6-11(14)8(2)5-10(7)12-13(15)17(4)9(3)16-12/h5-6H,1-4H3. The highest BCUT2D eigenvalue weighted by Gasteiger charge is 2.15. The molecular weight excluding hydrogens is 255 g/mol. The molecule has 0 aliphatic rings. The Kier molecular flexibility index (Phi) is 3.19. The lowest BCUT2D eigenvalue weighted by atomic mass is 10.0. The largest absolute Gasteiger partial charge is 0.322 e. The van der Waals surface area contributed by atoms with Crippen LogP contribution < -0.4 is 0 Å². The summed E-state index contributed by atoms with van der Waals surface area (Å²) in [5, 5.41) is 1.43. The van der Waals surface area contributed by atoms with Gasteiger partial charge in [-0.2, -0.15) is 0 Å². The van der Waals surface area contributed by atoms with E-state index in [1.807, 2.05) is 44.5 Å². The molecule has 0 aliphatic heterocycles. The van der Waals surface area contributed by atoms with E-state index in [-0.39, 0.29) is 0 Å². The number of imidazole rings is 1. The van der Waals surface area contributed by atoms with E-state index in [4.69, 9.17) is 23.2 Å². The zero-order valence-corrected chi connectivity index (χ0v) is 11.8. The predicted molar refractivity (Wildman–Crippen MR) is 72.9 cm³/mol. The Balaban J connectivity index is 2.68. The summed E-state index contributed by atoms with van der Waals surface area (Å²) in [4.78, 5) is 4.50. The van der Waals surface area contributed by atoms with Crippen molar-refractivity contribution in [3.8, 4) is 11.3 Å². The number of benzene rings is 1. The van der Waals surface area contributed by atoms with Crippen molar-refractivity contribution in [1.82, 2.24) is 9.55 Å². The maximum atomic E-state index is 6.28. The first-order chi connectivity index (χ1) is 7.91. The van der Waals surface area contributed by atoms with Crippen LogP contribution in [-0.4, -0.2) is 9.55 Å². The molecule has 0 fully saturated rings. The molecule has 0 aliphatic carbocycles. The second-order valence-corrected chi connectivity index (χ2v) is 5.04. The lowest BCUT2D eigenvalue weighted by molar-refractivity contribution is 0.859. The van der Waals surface area contributed by atoms with Crippen LogP contribution in [0.4, 0.5) is 0 Å². The third kappa shape index (κ3) is 2.07. The Morgan fingerprint density at radius 2 is 1.71 bits per heavy atom. The fraction of sp³-hybridized carbons (Fsp3) is 0.308. The molecule has 1 aromatic carbocycles. The van der Waals surface area contributed by atoms with Gasteiger partial charge in [-0.3, -0.25) is 0 Å². The number of hydrogen-bond acceptors (Lipinski definition) is 1. The Morgan fingerprint density at radius 3 is 2.24 bits per heavy atom. The van der Waals surface area contributed by atoms with E-state index >= 15 is 0 Å². The first-order valence-corrected chi connectivity index (χ1v) is 6.13. The Bertz CT molecular complexity index is 586. The first-order valence-electron chi connectivity index (χ1n) is 5.37. The van der Waals surface area contributed by atoms with E-state index in [2.05, 4.69) is 4.98 Å². The summed E-state index contributed by atoms with van der Waals surface area (Å²) in [5.74, 6) is 0.900. The summed E-state index contributed by atoms with van der Waals surface area (Å²) in [6.45, 7) is 5.93. The van der Waals surface area contributed by atoms with E-state index in [1.165, 1.54) is 0 Å². The van der Waals surface area contributed by atoms with Gasteiger partial charge in [-0.25, -0.2) is 4.98 Å². The van der Waals surface area contributed by atoms with E-state index < -0.39 is 0 Å². The van der Waals surface area contributed by atoms with E-state index in [9.17, 15) is 0 Å². The minimum Gasteiger partial charge on any atom is -0.322 e. The van der Waals surface area contributed by atoms with Crippen LogP contribution in [0.5, 0.6) is 0 Å². The smallest absolute Gasteiger partial charge is 0.136 e. The van der Waals surface area contributed by atoms with Crippen LogP contribution in [0.3, 0.4) is 0 Å². The second kappa shape index (κ2) is 4.35. The summed E-state index contributed by atoms with van der Waals surface area (Å²) < 4.78 is 1.88. The molecule has 1 heterocycles. The van der Waals surface area contributed by atoms with E-state index in [0.717, 1.165) is 33.2 Å². The van der Waals surface area contributed by atoms with Gasteiger partial charge in [-0.1, -0.05) is 23.2 Å². The third-order valence-corrected chi connectivity index (χ3v) is 3.85. The molecule has 0 saturated carbocycles. The molecule has 90 valence electrons. The number of halogens is 2. The van der Waals surface area contributed by atoms with Gasteiger partial charge >= 0.3 is 0 Å². The molecule has 0 atom stereocenters. The van der Waals surface area contributed by atoms with Crippen LogP contribution in [-0.2, 0) is 7.05 Å². The van der Waals surface area contributed by atoms with Gasteiger partial charge in [-0.15, -0.1) is 0 Å². The minimum atomic E-state index is 0.660. The lowest BCUT2D eigenvalue weighted by Crippen LogP contribution is -1.90. The van der Waals surface area contributed by atoms with Crippen LogP contribution >= 0.6 is 23.2 Å². The van der Waals surface area contributed by atoms with Gasteiger partial charge in [-0.05, 0) is 44.0 Å². The third-order valence-electron chi connectivity index (χ3n) is 3.01. The second-order valence-electron chi connectivity index (χ2n) is 4.27. The molecule has 2 aromatic rings. The van der Waals surface area contributed by atoms with Crippen molar-refractivity contribution in [1.29, 1.82) is 0 Å². The SMILES string of the molecule is Cc1cc(-c2nc(C)n(C)c2Cl)c(C)cc1Cl. The van der Waals surface area contributed by atoms with Crippen molar-refractivity contribution in [2.24, 2.45) is 7.05 Å². The van der Waals surface area contributed by atoms with Crippen LogP contribution in [0.25, 0.3) is 11.3 Å². The molecule has 0 spiro atoms. The van der Waals surface area contributed by atoms with Crippen molar-refractivity contribution < 1.29 is 0 Å². The molecule has 2 nitrogen and oxygen atoms in total. The monoisotopic (exact) mass is 268 g/mol. The van der Waals surface area contributed by atoms with Gasteiger partial charge in [0.25, 0.3) is 0 Å². The van der Waals surface area contributed by atoms with Gasteiger partial charge in [0.05, 0.1) is 0 Å². The highest BCUT2D eigenvalue weighted by Crippen LogP contribution is 2.32. The predicted octanol–water partition coefficient (Wildman–Crippen LogP) is 4.32. The molecular formula is C13H14Cl2N2. The van der Waals surface area contributed by atoms with Crippen LogP contribution in [0, 0.1) is 20.8 Å². The fourth-order valence-electron chi connectivity index (χ4n) is 1.79. The van der Waals surface area contributed by atoms with Crippen molar-refractivity contribution in [2.45, 2.75) is 20.8 Å². The zero-order valence-electron chi connectivity index (χ0n) is 10.3. The molecule has 0 saturated heterocycles. The van der Waals surface area contributed by atoms with Gasteiger partial charge in [0.1, 0.15) is 16.7 Å². The number of aryl methyl sites for hydroxylation is 3. The minimum absolute atomic E-state index is 0.660. The van der Waals surface area contributed by atoms with Crippen molar-refractivity contribution in [3.63, 3.8) is 0 Å². The summed E-state index contributed by atoms with van der Waals surface area (Å²) in [7, 11) is 1.91.